The summed E-state index contributed by atoms with van der Waals surface area (Å²) in [6.07, 6.45) is 9.22. The fourth-order valence-electron chi connectivity index (χ4n) is 3.56. The number of hydrogen-bond acceptors (Lipinski definition) is 3. The molecule has 3 rings (SSSR count). The highest BCUT2D eigenvalue weighted by Gasteiger charge is 2.25. The van der Waals surface area contributed by atoms with Crippen LogP contribution >= 0.6 is 0 Å². The van der Waals surface area contributed by atoms with Crippen molar-refractivity contribution in [3.63, 3.8) is 0 Å². The monoisotopic (exact) mass is 375 g/mol. The lowest BCUT2D eigenvalue weighted by Crippen LogP contribution is -2.47. The van der Waals surface area contributed by atoms with Gasteiger partial charge in [-0.25, -0.2) is 4.98 Å². The number of nitrogens with zero attached hydrogens (tertiary/aromatic N) is 3. The normalized spacial score (nSPS) is 22.3. The molecule has 6 nitrogen and oxygen atoms in total. The molecule has 2 heterocycles. The first-order chi connectivity index (χ1) is 12.7. The van der Waals surface area contributed by atoms with Gasteiger partial charge in [-0.15, -0.1) is 0 Å². The molecule has 3 unspecified atom stereocenters. The average molecular weight is 376 g/mol. The number of fused-ring (bicyclic) bond motifs is 1. The molecule has 1 saturated carbocycles. The predicted molar refractivity (Wildman–Crippen MR) is 108 cm³/mol. The highest BCUT2D eigenvalue weighted by atomic mass is 32.2. The number of aliphatic imine (C=N–C) groups is 1. The first-order valence-corrected chi connectivity index (χ1v) is 10.8. The fourth-order valence-corrected chi connectivity index (χ4v) is 4.90. The second-order valence-electron chi connectivity index (χ2n) is 6.75. The summed E-state index contributed by atoms with van der Waals surface area (Å²) in [5.74, 6) is 1.57. The summed E-state index contributed by atoms with van der Waals surface area (Å²) >= 11 is 0. The van der Waals surface area contributed by atoms with Gasteiger partial charge in [0.15, 0.2) is 5.96 Å². The van der Waals surface area contributed by atoms with E-state index in [-0.39, 0.29) is 0 Å². The molecule has 0 radical (unpaired) electrons. The zero-order chi connectivity index (χ0) is 18.4. The van der Waals surface area contributed by atoms with Crippen LogP contribution in [0.3, 0.4) is 0 Å². The zero-order valence-electron chi connectivity index (χ0n) is 15.6. The molecule has 0 saturated heterocycles. The smallest absolute Gasteiger partial charge is 0.191 e. The number of pyridine rings is 1. The molecule has 1 fully saturated rings. The second kappa shape index (κ2) is 9.16. The summed E-state index contributed by atoms with van der Waals surface area (Å²) in [6, 6.07) is 6.37. The molecule has 7 heteroatoms. The number of nitrogens with one attached hydrogen (secondary N) is 2. The number of rotatable bonds is 6. The maximum absolute atomic E-state index is 12.1. The van der Waals surface area contributed by atoms with E-state index in [1.165, 1.54) is 0 Å². The van der Waals surface area contributed by atoms with Gasteiger partial charge in [-0.1, -0.05) is 19.4 Å². The van der Waals surface area contributed by atoms with Gasteiger partial charge in [0.2, 0.25) is 0 Å². The molecule has 0 bridgehead atoms. The van der Waals surface area contributed by atoms with Crippen LogP contribution in [-0.4, -0.2) is 50.2 Å². The molecule has 142 valence electrons. The van der Waals surface area contributed by atoms with Gasteiger partial charge in [0.05, 0.1) is 5.69 Å². The van der Waals surface area contributed by atoms with E-state index in [1.54, 1.807) is 7.05 Å². The van der Waals surface area contributed by atoms with Gasteiger partial charge in [0.1, 0.15) is 5.65 Å². The van der Waals surface area contributed by atoms with Crippen LogP contribution in [-0.2, 0) is 17.2 Å². The third-order valence-electron chi connectivity index (χ3n) is 4.93. The Kier molecular flexibility index (Phi) is 6.66. The fraction of sp³-hybridized carbons (Fsp3) is 0.579. The van der Waals surface area contributed by atoms with Gasteiger partial charge >= 0.3 is 0 Å². The topological polar surface area (TPSA) is 70.8 Å². The van der Waals surface area contributed by atoms with E-state index < -0.39 is 10.8 Å². The maximum atomic E-state index is 12.1. The summed E-state index contributed by atoms with van der Waals surface area (Å²) in [5, 5.41) is 7.21. The molecule has 0 spiro atoms. The lowest BCUT2D eigenvalue weighted by Gasteiger charge is -2.30. The van der Waals surface area contributed by atoms with Gasteiger partial charge in [-0.2, -0.15) is 0 Å². The molecule has 2 aromatic rings. The van der Waals surface area contributed by atoms with Crippen LogP contribution in [0.5, 0.6) is 0 Å². The summed E-state index contributed by atoms with van der Waals surface area (Å²) in [6.45, 7) is 2.79. The first kappa shape index (κ1) is 18.9. The maximum Gasteiger partial charge on any atom is 0.191 e. The third kappa shape index (κ3) is 4.84. The predicted octanol–water partition coefficient (Wildman–Crippen LogP) is 2.12. The Hall–Kier alpha value is -1.89. The first-order valence-electron chi connectivity index (χ1n) is 9.46. The molecular formula is C19H29N5OS. The molecule has 3 atom stereocenters. The van der Waals surface area contributed by atoms with Crippen molar-refractivity contribution in [1.29, 1.82) is 0 Å². The minimum Gasteiger partial charge on any atom is -0.356 e. The Morgan fingerprint density at radius 1 is 1.42 bits per heavy atom. The van der Waals surface area contributed by atoms with Crippen molar-refractivity contribution < 1.29 is 4.21 Å². The van der Waals surface area contributed by atoms with Gasteiger partial charge in [-0.3, -0.25) is 9.20 Å². The van der Waals surface area contributed by atoms with Gasteiger partial charge in [0.25, 0.3) is 0 Å². The highest BCUT2D eigenvalue weighted by Crippen LogP contribution is 2.22. The quantitative estimate of drug-likeness (QED) is 0.599. The van der Waals surface area contributed by atoms with Crippen LogP contribution in [0.1, 0.15) is 38.3 Å². The molecule has 1 aliphatic rings. The van der Waals surface area contributed by atoms with Crippen molar-refractivity contribution in [1.82, 2.24) is 20.0 Å². The zero-order valence-corrected chi connectivity index (χ0v) is 16.5. The largest absolute Gasteiger partial charge is 0.356 e. The standard InChI is InChI=1S/C19H29N5OS/c1-3-26(25)17-8-6-7-15(13-17)23-19(20-2)21-11-10-16-14-24-12-5-4-9-18(24)22-16/h4-5,9,12,14-15,17H,3,6-8,10-11,13H2,1-2H3,(H2,20,21,23). The van der Waals surface area contributed by atoms with Crippen molar-refractivity contribution in [3.05, 3.63) is 36.3 Å². The molecule has 26 heavy (non-hydrogen) atoms. The molecule has 0 aliphatic heterocycles. The Balaban J connectivity index is 1.48. The van der Waals surface area contributed by atoms with E-state index in [2.05, 4.69) is 26.8 Å². The molecule has 1 aliphatic carbocycles. The molecule has 2 N–H and O–H groups in total. The van der Waals surface area contributed by atoms with Crippen molar-refractivity contribution in [2.45, 2.75) is 50.3 Å². The van der Waals surface area contributed by atoms with E-state index >= 15 is 0 Å². The second-order valence-corrected chi connectivity index (χ2v) is 8.75. The van der Waals surface area contributed by atoms with E-state index in [0.717, 1.165) is 61.7 Å². The molecular weight excluding hydrogens is 346 g/mol. The van der Waals surface area contributed by atoms with Crippen LogP contribution in [0.15, 0.2) is 35.6 Å². The van der Waals surface area contributed by atoms with Crippen molar-refractivity contribution in [3.8, 4) is 0 Å². The third-order valence-corrected chi connectivity index (χ3v) is 6.68. The Morgan fingerprint density at radius 3 is 3.08 bits per heavy atom. The molecule has 0 aromatic carbocycles. The Morgan fingerprint density at radius 2 is 2.31 bits per heavy atom. The number of hydrogen-bond donors (Lipinski definition) is 2. The number of guanidine groups is 1. The van der Waals surface area contributed by atoms with Crippen molar-refractivity contribution in [2.24, 2.45) is 4.99 Å². The lowest BCUT2D eigenvalue weighted by molar-refractivity contribution is 0.413. The van der Waals surface area contributed by atoms with Gasteiger partial charge in [0, 0.05) is 60.3 Å². The number of imidazole rings is 1. The molecule has 0 amide bonds. The molecule has 2 aromatic heterocycles. The van der Waals surface area contributed by atoms with Gasteiger partial charge < -0.3 is 15.0 Å². The van der Waals surface area contributed by atoms with Crippen LogP contribution in [0.4, 0.5) is 0 Å². The minimum atomic E-state index is -0.700. The summed E-state index contributed by atoms with van der Waals surface area (Å²) in [7, 11) is 1.10. The van der Waals surface area contributed by atoms with Crippen molar-refractivity contribution >= 4 is 22.4 Å². The highest BCUT2D eigenvalue weighted by molar-refractivity contribution is 7.85. The Labute approximate surface area is 158 Å². The van der Waals surface area contributed by atoms with E-state index in [0.29, 0.717) is 11.3 Å². The van der Waals surface area contributed by atoms with Crippen LogP contribution in [0.25, 0.3) is 5.65 Å². The van der Waals surface area contributed by atoms with Crippen molar-refractivity contribution in [2.75, 3.05) is 19.3 Å². The van der Waals surface area contributed by atoms with Gasteiger partial charge in [-0.05, 0) is 31.4 Å². The summed E-state index contributed by atoms with van der Waals surface area (Å²) < 4.78 is 14.1. The van der Waals surface area contributed by atoms with E-state index in [9.17, 15) is 4.21 Å². The summed E-state index contributed by atoms with van der Waals surface area (Å²) in [4.78, 5) is 8.96. The Bertz CT molecular complexity index is 739. The van der Waals surface area contributed by atoms with Crippen LogP contribution < -0.4 is 10.6 Å². The lowest BCUT2D eigenvalue weighted by atomic mass is 9.95. The average Bonchev–Trinajstić information content (AvgIpc) is 3.09. The summed E-state index contributed by atoms with van der Waals surface area (Å²) in [5.41, 5.74) is 2.04. The minimum absolute atomic E-state index is 0.322. The van der Waals surface area contributed by atoms with Crippen LogP contribution in [0.2, 0.25) is 0 Å². The van der Waals surface area contributed by atoms with E-state index in [1.807, 2.05) is 35.7 Å². The van der Waals surface area contributed by atoms with E-state index in [4.69, 9.17) is 0 Å². The number of aromatic nitrogens is 2. The SMILES string of the molecule is CCS(=O)C1CCCC(NC(=NC)NCCc2cn3ccccc3n2)C1. The van der Waals surface area contributed by atoms with Crippen LogP contribution in [0, 0.1) is 0 Å².